The summed E-state index contributed by atoms with van der Waals surface area (Å²) in [5.74, 6) is -2.61. The van der Waals surface area contributed by atoms with Crippen LogP contribution in [0.15, 0.2) is 46.1 Å². The van der Waals surface area contributed by atoms with Gasteiger partial charge in [0.1, 0.15) is 17.1 Å². The van der Waals surface area contributed by atoms with E-state index in [4.69, 9.17) is 9.94 Å². The van der Waals surface area contributed by atoms with Crippen LogP contribution >= 0.6 is 23.5 Å². The van der Waals surface area contributed by atoms with E-state index in [1.165, 1.54) is 28.4 Å². The van der Waals surface area contributed by atoms with E-state index in [1.54, 1.807) is 30.3 Å². The molecule has 0 aliphatic carbocycles. The number of carbonyl (C=O) groups excluding carboxylic acids is 2. The Morgan fingerprint density at radius 2 is 2.00 bits per heavy atom. The summed E-state index contributed by atoms with van der Waals surface area (Å²) in [4.78, 5) is 54.5. The van der Waals surface area contributed by atoms with Gasteiger partial charge in [-0.1, -0.05) is 42.4 Å². The summed E-state index contributed by atoms with van der Waals surface area (Å²) in [6, 6.07) is 7.31. The molecule has 0 saturated carbocycles. The van der Waals surface area contributed by atoms with Crippen molar-refractivity contribution < 1.29 is 34.2 Å². The number of rotatable bonds is 9. The molecule has 10 nitrogen and oxygen atoms in total. The summed E-state index contributed by atoms with van der Waals surface area (Å²) in [5.41, 5.74) is 0.135. The molecule has 1 aromatic carbocycles. The standard InChI is InChI=1S/C19H19N3O7S2/c1-2-30-11-9-31-18-14(17(26)22(18)15(11)19(27)28)20-16(25)13(21-29-8-12(23)24)10-6-4-3-5-7-10/h3-7,14,18H,2,8-9H2,1H3,(H,20,25)(H,23,24)(H,27,28)/t14?,18-/m0/s1. The Balaban J connectivity index is 1.79. The van der Waals surface area contributed by atoms with E-state index in [9.17, 15) is 24.3 Å². The zero-order chi connectivity index (χ0) is 22.5. The lowest BCUT2D eigenvalue weighted by Crippen LogP contribution is -2.71. The van der Waals surface area contributed by atoms with Gasteiger partial charge in [0.2, 0.25) is 6.61 Å². The van der Waals surface area contributed by atoms with E-state index in [-0.39, 0.29) is 11.4 Å². The van der Waals surface area contributed by atoms with Crippen molar-refractivity contribution in [2.45, 2.75) is 18.3 Å². The van der Waals surface area contributed by atoms with Crippen LogP contribution in [-0.2, 0) is 24.0 Å². The highest BCUT2D eigenvalue weighted by Gasteiger charge is 2.54. The first kappa shape index (κ1) is 22.7. The molecule has 2 atom stereocenters. The second kappa shape index (κ2) is 9.88. The summed E-state index contributed by atoms with van der Waals surface area (Å²) >= 11 is 2.74. The lowest BCUT2D eigenvalue weighted by atomic mass is 10.0. The smallest absolute Gasteiger partial charge is 0.353 e. The molecule has 0 spiro atoms. The monoisotopic (exact) mass is 465 g/mol. The molecule has 12 heteroatoms. The number of hydrogen-bond acceptors (Lipinski definition) is 8. The highest BCUT2D eigenvalue weighted by Crippen LogP contribution is 2.43. The van der Waals surface area contributed by atoms with Gasteiger partial charge < -0.3 is 20.4 Å². The summed E-state index contributed by atoms with van der Waals surface area (Å²) in [7, 11) is 0. The van der Waals surface area contributed by atoms with Crippen LogP contribution in [0, 0.1) is 0 Å². The van der Waals surface area contributed by atoms with E-state index in [0.717, 1.165) is 0 Å². The summed E-state index contributed by atoms with van der Waals surface area (Å²) in [5, 5.41) is 24.0. The van der Waals surface area contributed by atoms with Gasteiger partial charge in [0.15, 0.2) is 5.71 Å². The van der Waals surface area contributed by atoms with Crippen molar-refractivity contribution in [3.63, 3.8) is 0 Å². The van der Waals surface area contributed by atoms with E-state index < -0.39 is 41.8 Å². The number of aliphatic carboxylic acids is 2. The van der Waals surface area contributed by atoms with Gasteiger partial charge in [0.25, 0.3) is 11.8 Å². The van der Waals surface area contributed by atoms with Crippen LogP contribution in [0.2, 0.25) is 0 Å². The highest BCUT2D eigenvalue weighted by atomic mass is 32.2. The molecule has 0 aromatic heterocycles. The zero-order valence-electron chi connectivity index (χ0n) is 16.3. The number of benzene rings is 1. The number of carboxylic acids is 2. The maximum absolute atomic E-state index is 12.8. The number of oxime groups is 1. The minimum atomic E-state index is -1.26. The lowest BCUT2D eigenvalue weighted by Gasteiger charge is -2.49. The molecule has 2 amide bonds. The van der Waals surface area contributed by atoms with Crippen LogP contribution in [0.25, 0.3) is 0 Å². The number of amides is 2. The largest absolute Gasteiger partial charge is 0.479 e. The minimum Gasteiger partial charge on any atom is -0.479 e. The van der Waals surface area contributed by atoms with Gasteiger partial charge >= 0.3 is 11.9 Å². The molecule has 1 aromatic rings. The minimum absolute atomic E-state index is 0.0483. The fourth-order valence-corrected chi connectivity index (χ4v) is 5.46. The molecule has 164 valence electrons. The number of thioether (sulfide) groups is 2. The van der Waals surface area contributed by atoms with Gasteiger partial charge in [-0.05, 0) is 5.75 Å². The highest BCUT2D eigenvalue weighted by molar-refractivity contribution is 8.06. The maximum atomic E-state index is 12.8. The Morgan fingerprint density at radius 3 is 2.61 bits per heavy atom. The lowest BCUT2D eigenvalue weighted by molar-refractivity contribution is -0.150. The number of nitrogens with one attached hydrogen (secondary N) is 1. The van der Waals surface area contributed by atoms with Crippen LogP contribution in [-0.4, -0.2) is 74.1 Å². The first-order chi connectivity index (χ1) is 14.8. The van der Waals surface area contributed by atoms with Crippen LogP contribution in [0.3, 0.4) is 0 Å². The van der Waals surface area contributed by atoms with E-state index in [0.29, 0.717) is 22.0 Å². The molecule has 2 aliphatic rings. The molecule has 3 rings (SSSR count). The van der Waals surface area contributed by atoms with Crippen molar-refractivity contribution in [2.75, 3.05) is 18.1 Å². The predicted octanol–water partition coefficient (Wildman–Crippen LogP) is 0.941. The number of carboxylic acid groups (broad SMARTS) is 2. The SMILES string of the molecule is CCSC1=C(C(=O)O)N2C(=O)C(NC(=O)C(=NOCC(=O)O)c3ccccc3)[C@@H]2SC1. The second-order valence-corrected chi connectivity index (χ2v) is 8.81. The molecule has 1 unspecified atom stereocenters. The number of nitrogens with zero attached hydrogens (tertiary/aromatic N) is 2. The molecular formula is C19H19N3O7S2. The fourth-order valence-electron chi connectivity index (χ4n) is 3.06. The molecule has 1 fully saturated rings. The molecule has 0 bridgehead atoms. The van der Waals surface area contributed by atoms with Gasteiger partial charge in [-0.3, -0.25) is 14.5 Å². The number of β-lactam (4-membered cyclic amide) rings is 1. The van der Waals surface area contributed by atoms with Crippen molar-refractivity contribution in [1.29, 1.82) is 0 Å². The summed E-state index contributed by atoms with van der Waals surface area (Å²) in [6.45, 7) is 1.16. The van der Waals surface area contributed by atoms with E-state index >= 15 is 0 Å². The quantitative estimate of drug-likeness (QED) is 0.275. The Kier molecular flexibility index (Phi) is 7.23. The molecule has 2 heterocycles. The van der Waals surface area contributed by atoms with Crippen molar-refractivity contribution >= 4 is 53.0 Å². The summed E-state index contributed by atoms with van der Waals surface area (Å²) in [6.07, 6.45) is 0. The second-order valence-electron chi connectivity index (χ2n) is 6.34. The van der Waals surface area contributed by atoms with Gasteiger partial charge in [0, 0.05) is 16.2 Å². The Hall–Kier alpha value is -2.99. The average molecular weight is 466 g/mol. The molecule has 3 N–H and O–H groups in total. The zero-order valence-corrected chi connectivity index (χ0v) is 17.9. The topological polar surface area (TPSA) is 146 Å². The van der Waals surface area contributed by atoms with Gasteiger partial charge in [-0.15, -0.1) is 23.5 Å². The molecule has 1 saturated heterocycles. The van der Waals surface area contributed by atoms with Crippen molar-refractivity contribution in [2.24, 2.45) is 5.16 Å². The number of carbonyl (C=O) groups is 4. The summed E-state index contributed by atoms with van der Waals surface area (Å²) < 4.78 is 0. The third-order valence-corrected chi connectivity index (χ3v) is 6.78. The van der Waals surface area contributed by atoms with E-state index in [1.807, 2.05) is 6.92 Å². The molecular weight excluding hydrogens is 446 g/mol. The Labute approximate surface area is 185 Å². The average Bonchev–Trinajstić information content (AvgIpc) is 2.75. The van der Waals surface area contributed by atoms with Crippen molar-refractivity contribution in [3.05, 3.63) is 46.5 Å². The van der Waals surface area contributed by atoms with E-state index in [2.05, 4.69) is 10.5 Å². The fraction of sp³-hybridized carbons (Fsp3) is 0.316. The number of fused-ring (bicyclic) bond motifs is 1. The molecule has 0 radical (unpaired) electrons. The van der Waals surface area contributed by atoms with Gasteiger partial charge in [-0.25, -0.2) is 9.59 Å². The van der Waals surface area contributed by atoms with Crippen molar-refractivity contribution in [3.8, 4) is 0 Å². The first-order valence-electron chi connectivity index (χ1n) is 9.17. The van der Waals surface area contributed by atoms with Crippen LogP contribution in [0.4, 0.5) is 0 Å². The molecule has 31 heavy (non-hydrogen) atoms. The van der Waals surface area contributed by atoms with Crippen LogP contribution < -0.4 is 5.32 Å². The third-order valence-electron chi connectivity index (χ3n) is 4.35. The maximum Gasteiger partial charge on any atom is 0.353 e. The Bertz CT molecular complexity index is 965. The first-order valence-corrected chi connectivity index (χ1v) is 11.2. The Morgan fingerprint density at radius 1 is 1.29 bits per heavy atom. The van der Waals surface area contributed by atoms with Crippen LogP contribution in [0.5, 0.6) is 0 Å². The van der Waals surface area contributed by atoms with Gasteiger partial charge in [0.05, 0.1) is 0 Å². The molecule has 2 aliphatic heterocycles. The normalized spacial score (nSPS) is 20.6. The van der Waals surface area contributed by atoms with Crippen LogP contribution in [0.1, 0.15) is 12.5 Å². The third kappa shape index (κ3) is 4.85. The van der Waals surface area contributed by atoms with Crippen molar-refractivity contribution in [1.82, 2.24) is 10.2 Å². The van der Waals surface area contributed by atoms with Gasteiger partial charge in [-0.2, -0.15) is 0 Å². The predicted molar refractivity (Wildman–Crippen MR) is 114 cm³/mol. The number of hydrogen-bond donors (Lipinski definition) is 3.